The Balaban J connectivity index is 1.32. The Bertz CT molecular complexity index is 1840. The number of fused-ring (bicyclic) bond motifs is 1. The molecule has 5 rings (SSSR count). The molecule has 5 heterocycles. The first-order valence-electron chi connectivity index (χ1n) is 23.2. The number of Topliss-reactive ketones (excluding diaryl/α,β-unsaturated/α-hetero) is 1. The summed E-state index contributed by atoms with van der Waals surface area (Å²) >= 11 is 1.50. The van der Waals surface area contributed by atoms with Gasteiger partial charge in [0.15, 0.2) is 0 Å². The minimum atomic E-state index is -1.15. The van der Waals surface area contributed by atoms with Crippen molar-refractivity contribution in [2.24, 2.45) is 22.7 Å². The highest BCUT2D eigenvalue weighted by Gasteiger charge is 2.60. The van der Waals surface area contributed by atoms with E-state index >= 15 is 0 Å². The largest absolute Gasteiger partial charge is 0.477 e. The van der Waals surface area contributed by atoms with Crippen molar-refractivity contribution in [1.82, 2.24) is 25.0 Å². The van der Waals surface area contributed by atoms with E-state index in [4.69, 9.17) is 4.74 Å². The molecule has 0 saturated carbocycles. The second-order valence-corrected chi connectivity index (χ2v) is 22.0. The van der Waals surface area contributed by atoms with Gasteiger partial charge in [-0.15, -0.1) is 11.8 Å². The zero-order valence-electron chi connectivity index (χ0n) is 39.4. The molecule has 1 aromatic rings. The molecule has 0 unspecified atom stereocenters. The van der Waals surface area contributed by atoms with Crippen LogP contribution >= 0.6 is 11.8 Å². The number of ketones is 1. The molecule has 9 atom stereocenters. The Morgan fingerprint density at radius 3 is 2.40 bits per heavy atom. The van der Waals surface area contributed by atoms with Gasteiger partial charge in [-0.3, -0.25) is 24.3 Å². The van der Waals surface area contributed by atoms with E-state index in [0.29, 0.717) is 69.5 Å². The first-order valence-corrected chi connectivity index (χ1v) is 24.1. The highest BCUT2D eigenvalue weighted by molar-refractivity contribution is 8.03. The molecule has 4 N–H and O–H groups in total. The zero-order chi connectivity index (χ0) is 46.6. The third-order valence-corrected chi connectivity index (χ3v) is 16.0. The van der Waals surface area contributed by atoms with E-state index in [1.165, 1.54) is 21.6 Å². The van der Waals surface area contributed by atoms with Gasteiger partial charge >= 0.3 is 11.9 Å². The van der Waals surface area contributed by atoms with E-state index in [1.807, 2.05) is 39.2 Å². The summed E-state index contributed by atoms with van der Waals surface area (Å²) in [5, 5.41) is 35.5. The third-order valence-electron chi connectivity index (χ3n) is 14.5. The van der Waals surface area contributed by atoms with E-state index in [0.717, 1.165) is 31.2 Å². The van der Waals surface area contributed by atoms with E-state index < -0.39 is 65.4 Å². The van der Waals surface area contributed by atoms with Gasteiger partial charge < -0.3 is 35.2 Å². The van der Waals surface area contributed by atoms with Crippen LogP contribution in [0.5, 0.6) is 0 Å². The number of hydrogen-bond acceptors (Lipinski definition) is 12. The number of aliphatic hydroxyl groups excluding tert-OH is 2. The van der Waals surface area contributed by atoms with Crippen LogP contribution in [0.3, 0.4) is 0 Å². The van der Waals surface area contributed by atoms with Crippen LogP contribution in [0.15, 0.2) is 35.1 Å². The molecule has 0 radical (unpaired) electrons. The topological polar surface area (TPSA) is 190 Å². The van der Waals surface area contributed by atoms with Crippen molar-refractivity contribution in [2.45, 2.75) is 180 Å². The second kappa shape index (κ2) is 20.9. The number of aromatic nitrogens is 1. The summed E-state index contributed by atoms with van der Waals surface area (Å²) in [6.45, 7) is 19.3. The van der Waals surface area contributed by atoms with Crippen molar-refractivity contribution < 1.29 is 44.0 Å². The van der Waals surface area contributed by atoms with Crippen LogP contribution in [0.1, 0.15) is 132 Å². The lowest BCUT2D eigenvalue weighted by atomic mass is 9.77. The van der Waals surface area contributed by atoms with Gasteiger partial charge in [0.05, 0.1) is 24.2 Å². The number of β-lactam (4-membered cyclic amide) rings is 1. The number of carboxylic acid groups (broad SMARTS) is 1. The maximum absolute atomic E-state index is 14.1. The van der Waals surface area contributed by atoms with Gasteiger partial charge in [-0.25, -0.2) is 9.59 Å². The molecule has 0 aliphatic carbocycles. The Hall–Kier alpha value is -3.37. The van der Waals surface area contributed by atoms with Crippen molar-refractivity contribution >= 4 is 41.3 Å². The van der Waals surface area contributed by atoms with Gasteiger partial charge in [0.2, 0.25) is 11.7 Å². The summed E-state index contributed by atoms with van der Waals surface area (Å²) in [5.41, 5.74) is -0.465. The van der Waals surface area contributed by atoms with Crippen LogP contribution in [0.4, 0.5) is 0 Å². The number of piperidine rings is 1. The Kier molecular flexibility index (Phi) is 16.8. The number of hydrogen-bond donors (Lipinski definition) is 4. The number of pyridine rings is 1. The lowest BCUT2D eigenvalue weighted by molar-refractivity contribution is -0.165. The number of aryl methyl sites for hydroxylation is 1. The lowest BCUT2D eigenvalue weighted by Gasteiger charge is -2.46. The molecular weight excluding hydrogens is 823 g/mol. The molecule has 3 saturated heterocycles. The average Bonchev–Trinajstić information content (AvgIpc) is 3.78. The van der Waals surface area contributed by atoms with Crippen molar-refractivity contribution in [2.75, 3.05) is 26.7 Å². The Labute approximate surface area is 379 Å². The summed E-state index contributed by atoms with van der Waals surface area (Å²) in [6.07, 6.45) is 8.51. The Morgan fingerprint density at radius 2 is 1.78 bits per heavy atom. The summed E-state index contributed by atoms with van der Waals surface area (Å²) < 4.78 is 6.39. The number of carbonyl (C=O) groups is 5. The number of ether oxygens (including phenoxy) is 1. The van der Waals surface area contributed by atoms with Crippen molar-refractivity contribution in [3.63, 3.8) is 0 Å². The van der Waals surface area contributed by atoms with Crippen LogP contribution in [-0.4, -0.2) is 138 Å². The predicted molar refractivity (Wildman–Crippen MR) is 243 cm³/mol. The lowest BCUT2D eigenvalue weighted by Crippen LogP contribution is -2.63. The summed E-state index contributed by atoms with van der Waals surface area (Å²) in [4.78, 5) is 76.8. The van der Waals surface area contributed by atoms with Gasteiger partial charge in [0.25, 0.3) is 5.91 Å². The fourth-order valence-corrected chi connectivity index (χ4v) is 11.7. The summed E-state index contributed by atoms with van der Waals surface area (Å²) in [7, 11) is 1.86. The molecule has 0 spiro atoms. The van der Waals surface area contributed by atoms with Gasteiger partial charge in [-0.05, 0) is 122 Å². The maximum Gasteiger partial charge on any atom is 0.353 e. The van der Waals surface area contributed by atoms with Crippen LogP contribution < -0.4 is 5.32 Å². The van der Waals surface area contributed by atoms with Crippen molar-refractivity contribution in [3.8, 4) is 0 Å². The highest BCUT2D eigenvalue weighted by Crippen LogP contribution is 2.53. The van der Waals surface area contributed by atoms with Crippen molar-refractivity contribution in [3.05, 3.63) is 40.7 Å². The number of aliphatic hydroxyl groups is 2. The molecular formula is C48H75N5O9S. The molecule has 0 aromatic carbocycles. The third kappa shape index (κ3) is 11.5. The molecule has 0 bridgehead atoms. The molecule has 2 amide bonds. The van der Waals surface area contributed by atoms with Gasteiger partial charge in [-0.2, -0.15) is 0 Å². The van der Waals surface area contributed by atoms with Gasteiger partial charge in [-0.1, -0.05) is 47.6 Å². The Morgan fingerprint density at radius 1 is 1.06 bits per heavy atom. The van der Waals surface area contributed by atoms with Crippen LogP contribution in [0, 0.1) is 22.7 Å². The number of carbonyl (C=O) groups excluding carboxylic acids is 4. The summed E-state index contributed by atoms with van der Waals surface area (Å²) in [5.74, 6) is -3.94. The van der Waals surface area contributed by atoms with E-state index in [9.17, 15) is 39.3 Å². The van der Waals surface area contributed by atoms with E-state index in [1.54, 1.807) is 27.0 Å². The molecule has 15 heteroatoms. The fraction of sp³-hybridized carbons (Fsp3) is 0.750. The number of nitrogens with zero attached hydrogens (tertiary/aromatic N) is 4. The second-order valence-electron chi connectivity index (χ2n) is 20.6. The molecule has 4 aliphatic rings. The average molecular weight is 898 g/mol. The van der Waals surface area contributed by atoms with Crippen molar-refractivity contribution in [1.29, 1.82) is 0 Å². The zero-order valence-corrected chi connectivity index (χ0v) is 40.2. The summed E-state index contributed by atoms with van der Waals surface area (Å²) in [6, 6.07) is 2.50. The van der Waals surface area contributed by atoms with Crippen LogP contribution in [0.2, 0.25) is 0 Å². The fourth-order valence-electron chi connectivity index (χ4n) is 10.1. The predicted octanol–water partition coefficient (Wildman–Crippen LogP) is 5.59. The highest BCUT2D eigenvalue weighted by atomic mass is 32.2. The standard InChI is InChI=1S/C48H75N5O9S/c1-11-47(6,7)41(56)43(58)51-24-13-12-16-34(51)45(61)62-32(18-17-31-15-14-22-50-27-31)26-46(4,5)20-21-48(8,9)52-28-33(25-35(52)36(55)19-23-49-10)63-40-29(2)38-37(30(3)54)42(57)53(38)39(40)44(59)60/h14-15,22,27,29-30,32-38,49,54-55H,11-13,16-21,23-26,28H2,1-10H3,(H,59,60)/t29-,30-,32-,33+,34+,35+,36-,37-,38-/m1/s1. The molecule has 14 nitrogen and oxygen atoms in total. The van der Waals surface area contributed by atoms with E-state index in [2.05, 4.69) is 42.9 Å². The van der Waals surface area contributed by atoms with Gasteiger partial charge in [0, 0.05) is 58.6 Å². The minimum absolute atomic E-state index is 0.0154. The SMILES string of the molecule is CCC(C)(C)C(=O)C(=O)N1CCCC[C@H]1C(=O)O[C@H](CCc1cccnc1)CC(C)(C)CCC(C)(C)N1C[C@@H](SC2=C(C(=O)O)N3C(=O)[C@H]([C@@H](C)O)[C@H]3[C@H]2C)C[C@H]1[C@H](O)CCNC. The monoisotopic (exact) mass is 898 g/mol. The number of aliphatic carboxylic acids is 1. The number of rotatable bonds is 22. The number of esters is 1. The maximum atomic E-state index is 14.1. The quantitative estimate of drug-likeness (QED) is 0.0642. The minimum Gasteiger partial charge on any atom is -0.477 e. The van der Waals surface area contributed by atoms with Gasteiger partial charge in [0.1, 0.15) is 17.8 Å². The molecule has 1 aromatic heterocycles. The number of likely N-dealkylation sites (tertiary alicyclic amines) is 2. The molecule has 63 heavy (non-hydrogen) atoms. The number of thioether (sulfide) groups is 1. The normalized spacial score (nSPS) is 26.0. The van der Waals surface area contributed by atoms with E-state index in [-0.39, 0.29) is 39.8 Å². The molecule has 3 fully saturated rings. The van der Waals surface area contributed by atoms with Crippen LogP contribution in [-0.2, 0) is 35.1 Å². The van der Waals surface area contributed by atoms with Crippen LogP contribution in [0.25, 0.3) is 0 Å². The first-order chi connectivity index (χ1) is 29.5. The first kappa shape index (κ1) is 50.6. The number of nitrogens with one attached hydrogen (secondary N) is 1. The molecule has 352 valence electrons. The molecule has 4 aliphatic heterocycles. The smallest absolute Gasteiger partial charge is 0.353 e. The number of amides is 2. The number of carboxylic acids is 1.